The van der Waals surface area contributed by atoms with Crippen LogP contribution in [0.2, 0.25) is 0 Å². The van der Waals surface area contributed by atoms with E-state index in [1.165, 1.54) is 16.1 Å². The van der Waals surface area contributed by atoms with Crippen LogP contribution in [-0.2, 0) is 16.0 Å². The van der Waals surface area contributed by atoms with Crippen molar-refractivity contribution >= 4 is 34.5 Å². The smallest absolute Gasteiger partial charge is 0.313 e. The molecule has 1 aliphatic rings. The first kappa shape index (κ1) is 20.2. The average molecular weight is 420 g/mol. The second-order valence-corrected chi connectivity index (χ2v) is 8.57. The largest absolute Gasteiger partial charge is 0.361 e. The lowest BCUT2D eigenvalue weighted by Gasteiger charge is -2.30. The number of nitrogens with one attached hydrogen (secondary N) is 2. The quantitative estimate of drug-likeness (QED) is 0.609. The summed E-state index contributed by atoms with van der Waals surface area (Å²) in [5.74, 6) is -1.27. The average Bonchev–Trinajstić information content (AvgIpc) is 3.41. The van der Waals surface area contributed by atoms with Gasteiger partial charge in [0.15, 0.2) is 0 Å². The van der Waals surface area contributed by atoms with Gasteiger partial charge >= 0.3 is 11.8 Å². The second-order valence-electron chi connectivity index (χ2n) is 7.59. The van der Waals surface area contributed by atoms with E-state index >= 15 is 0 Å². The number of carbonyl (C=O) groups is 2. The molecule has 0 saturated carbocycles. The number of aryl methyl sites for hydroxylation is 2. The van der Waals surface area contributed by atoms with Crippen LogP contribution in [0, 0.1) is 13.8 Å². The maximum Gasteiger partial charge on any atom is 0.313 e. The summed E-state index contributed by atoms with van der Waals surface area (Å²) < 4.78 is 0. The van der Waals surface area contributed by atoms with E-state index in [-0.39, 0.29) is 6.04 Å². The van der Waals surface area contributed by atoms with Gasteiger partial charge in [-0.2, -0.15) is 0 Å². The van der Waals surface area contributed by atoms with Gasteiger partial charge in [0.2, 0.25) is 0 Å². The summed E-state index contributed by atoms with van der Waals surface area (Å²) in [6.45, 7) is 5.17. The van der Waals surface area contributed by atoms with Crippen molar-refractivity contribution in [3.05, 3.63) is 81.5 Å². The summed E-state index contributed by atoms with van der Waals surface area (Å²) in [5.41, 5.74) is 5.22. The van der Waals surface area contributed by atoms with E-state index in [1.807, 2.05) is 49.6 Å². The van der Waals surface area contributed by atoms with Gasteiger partial charge in [-0.3, -0.25) is 9.59 Å². The number of amides is 2. The highest BCUT2D eigenvalue weighted by Crippen LogP contribution is 2.36. The van der Waals surface area contributed by atoms with Gasteiger partial charge in [-0.1, -0.05) is 42.0 Å². The van der Waals surface area contributed by atoms with Crippen molar-refractivity contribution < 1.29 is 9.59 Å². The summed E-state index contributed by atoms with van der Waals surface area (Å²) in [7, 11) is 0. The number of para-hydroxylation sites is 1. The highest BCUT2D eigenvalue weighted by Gasteiger charge is 2.28. The number of anilines is 2. The Hall–Kier alpha value is -3.12. The maximum absolute atomic E-state index is 12.5. The first-order valence-electron chi connectivity index (χ1n) is 10.1. The molecule has 2 heterocycles. The van der Waals surface area contributed by atoms with E-state index in [2.05, 4.69) is 39.8 Å². The van der Waals surface area contributed by atoms with Crippen LogP contribution in [0.1, 0.15) is 27.6 Å². The molecule has 3 aromatic rings. The molecule has 0 aliphatic carbocycles. The van der Waals surface area contributed by atoms with E-state index in [4.69, 9.17) is 0 Å². The molecule has 154 valence electrons. The third-order valence-electron chi connectivity index (χ3n) is 5.46. The number of nitrogens with zero attached hydrogens (tertiary/aromatic N) is 1. The minimum Gasteiger partial charge on any atom is -0.361 e. The fourth-order valence-corrected chi connectivity index (χ4v) is 4.77. The van der Waals surface area contributed by atoms with Gasteiger partial charge in [0.1, 0.15) is 0 Å². The molecule has 4 rings (SSSR count). The van der Waals surface area contributed by atoms with Gasteiger partial charge < -0.3 is 15.5 Å². The molecule has 0 spiro atoms. The first-order valence-corrected chi connectivity index (χ1v) is 11.0. The first-order chi connectivity index (χ1) is 14.5. The number of carbonyl (C=O) groups excluding carboxylic acids is 2. The topological polar surface area (TPSA) is 61.4 Å². The molecule has 2 amide bonds. The number of hydrogen-bond acceptors (Lipinski definition) is 4. The summed E-state index contributed by atoms with van der Waals surface area (Å²) >= 11 is 1.66. The van der Waals surface area contributed by atoms with Crippen LogP contribution in [0.25, 0.3) is 0 Å². The predicted molar refractivity (Wildman–Crippen MR) is 122 cm³/mol. The fraction of sp³-hybridized carbons (Fsp3) is 0.250. The molecule has 0 saturated heterocycles. The Morgan fingerprint density at radius 2 is 1.90 bits per heavy atom. The van der Waals surface area contributed by atoms with E-state index in [0.29, 0.717) is 12.2 Å². The molecule has 6 heteroatoms. The van der Waals surface area contributed by atoms with Crippen molar-refractivity contribution in [3.63, 3.8) is 0 Å². The van der Waals surface area contributed by atoms with Crippen LogP contribution in [-0.4, -0.2) is 24.9 Å². The Balaban J connectivity index is 1.45. The molecular formula is C24H25N3O2S. The van der Waals surface area contributed by atoms with Crippen LogP contribution < -0.4 is 15.5 Å². The number of benzene rings is 2. The molecule has 30 heavy (non-hydrogen) atoms. The van der Waals surface area contributed by atoms with Crippen molar-refractivity contribution in [1.82, 2.24) is 5.32 Å². The van der Waals surface area contributed by atoms with Crippen LogP contribution in [0.4, 0.5) is 11.4 Å². The van der Waals surface area contributed by atoms with Crippen molar-refractivity contribution in [2.75, 3.05) is 23.3 Å². The zero-order valence-corrected chi connectivity index (χ0v) is 18.0. The Morgan fingerprint density at radius 1 is 1.07 bits per heavy atom. The minimum atomic E-state index is -0.645. The Morgan fingerprint density at radius 3 is 2.67 bits per heavy atom. The number of hydrogen-bond donors (Lipinski definition) is 2. The Labute approximate surface area is 180 Å². The Bertz CT molecular complexity index is 1060. The van der Waals surface area contributed by atoms with Crippen molar-refractivity contribution in [2.45, 2.75) is 26.3 Å². The minimum absolute atomic E-state index is 0.00786. The van der Waals surface area contributed by atoms with Crippen molar-refractivity contribution in [1.29, 1.82) is 0 Å². The molecule has 1 aromatic heterocycles. The van der Waals surface area contributed by atoms with E-state index < -0.39 is 11.8 Å². The monoisotopic (exact) mass is 419 g/mol. The van der Waals surface area contributed by atoms with Gasteiger partial charge in [-0.25, -0.2) is 0 Å². The molecule has 1 atom stereocenters. The third-order valence-corrected chi connectivity index (χ3v) is 6.44. The highest BCUT2D eigenvalue weighted by molar-refractivity contribution is 7.10. The van der Waals surface area contributed by atoms with Crippen molar-refractivity contribution in [3.8, 4) is 0 Å². The fourth-order valence-electron chi connectivity index (χ4n) is 3.94. The number of thiophene rings is 1. The number of rotatable bonds is 5. The zero-order chi connectivity index (χ0) is 21.1. The van der Waals surface area contributed by atoms with Crippen LogP contribution in [0.5, 0.6) is 0 Å². The number of fused-ring (bicyclic) bond motifs is 1. The van der Waals surface area contributed by atoms with E-state index in [1.54, 1.807) is 11.3 Å². The molecular weight excluding hydrogens is 394 g/mol. The lowest BCUT2D eigenvalue weighted by molar-refractivity contribution is -0.136. The van der Waals surface area contributed by atoms with Gasteiger partial charge in [-0.15, -0.1) is 11.3 Å². The maximum atomic E-state index is 12.5. The summed E-state index contributed by atoms with van der Waals surface area (Å²) in [4.78, 5) is 28.4. The van der Waals surface area contributed by atoms with E-state index in [0.717, 1.165) is 24.1 Å². The van der Waals surface area contributed by atoms with Crippen LogP contribution in [0.3, 0.4) is 0 Å². The zero-order valence-electron chi connectivity index (χ0n) is 17.1. The highest BCUT2D eigenvalue weighted by atomic mass is 32.1. The van der Waals surface area contributed by atoms with Gasteiger partial charge in [0, 0.05) is 29.3 Å². The SMILES string of the molecule is Cc1ccc(NC(=O)C(=O)NC[C@H](c2cccs2)N2CCc3ccccc32)c(C)c1. The summed E-state index contributed by atoms with van der Waals surface area (Å²) in [6.07, 6.45) is 0.985. The normalized spacial score (nSPS) is 13.6. The van der Waals surface area contributed by atoms with Gasteiger partial charge in [0.05, 0.1) is 6.04 Å². The molecule has 0 fully saturated rings. The molecule has 2 aromatic carbocycles. The molecule has 0 bridgehead atoms. The van der Waals surface area contributed by atoms with E-state index in [9.17, 15) is 9.59 Å². The van der Waals surface area contributed by atoms with Crippen LogP contribution in [0.15, 0.2) is 60.0 Å². The molecule has 0 unspecified atom stereocenters. The van der Waals surface area contributed by atoms with Gasteiger partial charge in [-0.05, 0) is 55.0 Å². The summed E-state index contributed by atoms with van der Waals surface area (Å²) in [6, 6.07) is 18.2. The standard InChI is InChI=1S/C24H25N3O2S/c1-16-9-10-19(17(2)14-16)26-24(29)23(28)25-15-21(22-8-5-13-30-22)27-12-11-18-6-3-4-7-20(18)27/h3-10,13-14,21H,11-12,15H2,1-2H3,(H,25,28)(H,26,29)/t21-/m1/s1. The second kappa shape index (κ2) is 8.71. The van der Waals surface area contributed by atoms with Gasteiger partial charge in [0.25, 0.3) is 0 Å². The lowest BCUT2D eigenvalue weighted by Crippen LogP contribution is -2.41. The molecule has 5 nitrogen and oxygen atoms in total. The molecule has 2 N–H and O–H groups in total. The van der Waals surface area contributed by atoms with Crippen LogP contribution >= 0.6 is 11.3 Å². The predicted octanol–water partition coefficient (Wildman–Crippen LogP) is 4.22. The molecule has 0 radical (unpaired) electrons. The summed E-state index contributed by atoms with van der Waals surface area (Å²) in [5, 5.41) is 7.60. The lowest BCUT2D eigenvalue weighted by atomic mass is 10.1. The third kappa shape index (κ3) is 4.24. The van der Waals surface area contributed by atoms with Crippen molar-refractivity contribution in [2.24, 2.45) is 0 Å². The molecule has 1 aliphatic heterocycles. The Kier molecular flexibility index (Phi) is 5.86.